The molecule has 3 rings (SSSR count). The highest BCUT2D eigenvalue weighted by molar-refractivity contribution is 5.79. The summed E-state index contributed by atoms with van der Waals surface area (Å²) in [7, 11) is 2.00. The Morgan fingerprint density at radius 2 is 2.08 bits per heavy atom. The number of anilines is 1. The van der Waals surface area contributed by atoms with E-state index in [2.05, 4.69) is 21.8 Å². The third-order valence-corrected chi connectivity index (χ3v) is 4.87. The number of likely N-dealkylation sites (tertiary alicyclic amines) is 1. The minimum atomic E-state index is -0.0192. The molecule has 1 unspecified atom stereocenters. The summed E-state index contributed by atoms with van der Waals surface area (Å²) < 4.78 is 11.5. The molecule has 0 bridgehead atoms. The van der Waals surface area contributed by atoms with Gasteiger partial charge in [0.15, 0.2) is 5.82 Å². The second-order valence-corrected chi connectivity index (χ2v) is 6.81. The van der Waals surface area contributed by atoms with E-state index in [1.165, 1.54) is 0 Å². The van der Waals surface area contributed by atoms with E-state index in [0.29, 0.717) is 25.6 Å². The number of aromatic nitrogens is 2. The maximum Gasteiger partial charge on any atom is 0.257 e. The molecule has 2 aliphatic rings. The molecule has 0 radical (unpaired) electrons. The first-order chi connectivity index (χ1) is 12.2. The molecule has 1 aromatic heterocycles. The SMILES string of the molecule is CCCN(C)c1nccnc1OC1CCN(C(=O)C2CCOCC2)C1. The molecule has 3 heterocycles. The predicted octanol–water partition coefficient (Wildman–Crippen LogP) is 1.73. The van der Waals surface area contributed by atoms with Gasteiger partial charge in [-0.3, -0.25) is 4.79 Å². The molecule has 2 aliphatic heterocycles. The summed E-state index contributed by atoms with van der Waals surface area (Å²) in [6.07, 6.45) is 6.84. The monoisotopic (exact) mass is 348 g/mol. The van der Waals surface area contributed by atoms with Gasteiger partial charge in [-0.05, 0) is 19.3 Å². The van der Waals surface area contributed by atoms with Crippen LogP contribution in [-0.4, -0.2) is 66.8 Å². The van der Waals surface area contributed by atoms with Gasteiger partial charge in [0.05, 0.1) is 6.54 Å². The van der Waals surface area contributed by atoms with Crippen LogP contribution in [0.15, 0.2) is 12.4 Å². The third-order valence-electron chi connectivity index (χ3n) is 4.87. The molecule has 1 amide bonds. The van der Waals surface area contributed by atoms with Crippen molar-refractivity contribution in [3.05, 3.63) is 12.4 Å². The lowest BCUT2D eigenvalue weighted by molar-refractivity contribution is -0.137. The largest absolute Gasteiger partial charge is 0.470 e. The lowest BCUT2D eigenvalue weighted by Crippen LogP contribution is -2.38. The lowest BCUT2D eigenvalue weighted by atomic mass is 9.99. The summed E-state index contributed by atoms with van der Waals surface area (Å²) >= 11 is 0. The minimum absolute atomic E-state index is 0.0192. The Balaban J connectivity index is 1.59. The van der Waals surface area contributed by atoms with Crippen LogP contribution < -0.4 is 9.64 Å². The fourth-order valence-corrected chi connectivity index (χ4v) is 3.49. The first kappa shape index (κ1) is 17.9. The van der Waals surface area contributed by atoms with E-state index in [9.17, 15) is 4.79 Å². The van der Waals surface area contributed by atoms with Gasteiger partial charge in [-0.25, -0.2) is 9.97 Å². The molecular formula is C18H28N4O3. The van der Waals surface area contributed by atoms with Gasteiger partial charge < -0.3 is 19.3 Å². The van der Waals surface area contributed by atoms with Crippen LogP contribution in [0.5, 0.6) is 5.88 Å². The van der Waals surface area contributed by atoms with E-state index in [0.717, 1.165) is 44.6 Å². The number of hydrogen-bond donors (Lipinski definition) is 0. The first-order valence-electron chi connectivity index (χ1n) is 9.24. The smallest absolute Gasteiger partial charge is 0.257 e. The van der Waals surface area contributed by atoms with Gasteiger partial charge in [0.25, 0.3) is 5.88 Å². The van der Waals surface area contributed by atoms with Crippen LogP contribution in [0.1, 0.15) is 32.6 Å². The van der Waals surface area contributed by atoms with E-state index in [1.54, 1.807) is 12.4 Å². The lowest BCUT2D eigenvalue weighted by Gasteiger charge is -2.26. The highest BCUT2D eigenvalue weighted by Crippen LogP contribution is 2.26. The number of rotatable bonds is 6. The fraction of sp³-hybridized carbons (Fsp3) is 0.722. The van der Waals surface area contributed by atoms with Crippen molar-refractivity contribution in [3.8, 4) is 5.88 Å². The summed E-state index contributed by atoms with van der Waals surface area (Å²) in [5.74, 6) is 1.68. The maximum atomic E-state index is 12.6. The van der Waals surface area contributed by atoms with Crippen molar-refractivity contribution in [2.45, 2.75) is 38.7 Å². The fourth-order valence-electron chi connectivity index (χ4n) is 3.49. The summed E-state index contributed by atoms with van der Waals surface area (Å²) in [5, 5.41) is 0. The molecule has 0 aromatic carbocycles. The zero-order valence-electron chi connectivity index (χ0n) is 15.2. The van der Waals surface area contributed by atoms with Crippen molar-refractivity contribution in [2.24, 2.45) is 5.92 Å². The second-order valence-electron chi connectivity index (χ2n) is 6.81. The van der Waals surface area contributed by atoms with Crippen molar-refractivity contribution in [1.82, 2.24) is 14.9 Å². The summed E-state index contributed by atoms with van der Waals surface area (Å²) in [6.45, 7) is 5.79. The van der Waals surface area contributed by atoms with Crippen molar-refractivity contribution >= 4 is 11.7 Å². The molecule has 7 nitrogen and oxygen atoms in total. The van der Waals surface area contributed by atoms with Crippen LogP contribution in [-0.2, 0) is 9.53 Å². The molecule has 25 heavy (non-hydrogen) atoms. The van der Waals surface area contributed by atoms with Crippen LogP contribution in [0.2, 0.25) is 0 Å². The Bertz CT molecular complexity index is 577. The molecule has 1 aromatic rings. The van der Waals surface area contributed by atoms with E-state index < -0.39 is 0 Å². The number of nitrogens with zero attached hydrogens (tertiary/aromatic N) is 4. The standard InChI is InChI=1S/C18H28N4O3/c1-3-9-21(2)16-17(20-8-7-19-16)25-15-4-10-22(13-15)18(23)14-5-11-24-12-6-14/h7-8,14-15H,3-6,9-13H2,1-2H3. The molecule has 0 spiro atoms. The molecule has 0 saturated carbocycles. The van der Waals surface area contributed by atoms with Crippen molar-refractivity contribution in [3.63, 3.8) is 0 Å². The van der Waals surface area contributed by atoms with E-state index in [-0.39, 0.29) is 17.9 Å². The third kappa shape index (κ3) is 4.39. The number of carbonyl (C=O) groups is 1. The highest BCUT2D eigenvalue weighted by atomic mass is 16.5. The van der Waals surface area contributed by atoms with Gasteiger partial charge >= 0.3 is 0 Å². The zero-order chi connectivity index (χ0) is 17.6. The van der Waals surface area contributed by atoms with Gasteiger partial charge in [0.2, 0.25) is 5.91 Å². The molecule has 2 saturated heterocycles. The Morgan fingerprint density at radius 1 is 1.32 bits per heavy atom. The van der Waals surface area contributed by atoms with Gasteiger partial charge in [0, 0.05) is 58.1 Å². The van der Waals surface area contributed by atoms with Crippen LogP contribution >= 0.6 is 0 Å². The number of carbonyl (C=O) groups excluding carboxylic acids is 1. The Kier molecular flexibility index (Phi) is 6.07. The molecule has 138 valence electrons. The average Bonchev–Trinajstić information content (AvgIpc) is 3.11. The molecule has 0 N–H and O–H groups in total. The molecule has 2 fully saturated rings. The van der Waals surface area contributed by atoms with Crippen LogP contribution in [0.4, 0.5) is 5.82 Å². The van der Waals surface area contributed by atoms with E-state index in [1.807, 2.05) is 11.9 Å². The highest BCUT2D eigenvalue weighted by Gasteiger charge is 2.33. The second kappa shape index (κ2) is 8.47. The predicted molar refractivity (Wildman–Crippen MR) is 94.7 cm³/mol. The van der Waals surface area contributed by atoms with E-state index in [4.69, 9.17) is 9.47 Å². The Hall–Kier alpha value is -1.89. The quantitative estimate of drug-likeness (QED) is 0.780. The number of ether oxygens (including phenoxy) is 2. The average molecular weight is 348 g/mol. The van der Waals surface area contributed by atoms with Gasteiger partial charge in [-0.2, -0.15) is 0 Å². The maximum absolute atomic E-state index is 12.6. The molecule has 7 heteroatoms. The Labute approximate surface area is 149 Å². The van der Waals surface area contributed by atoms with Crippen molar-refractivity contribution in [1.29, 1.82) is 0 Å². The van der Waals surface area contributed by atoms with Gasteiger partial charge in [-0.15, -0.1) is 0 Å². The van der Waals surface area contributed by atoms with Crippen molar-refractivity contribution < 1.29 is 14.3 Å². The zero-order valence-corrected chi connectivity index (χ0v) is 15.2. The van der Waals surface area contributed by atoms with Crippen LogP contribution in [0.25, 0.3) is 0 Å². The van der Waals surface area contributed by atoms with Crippen LogP contribution in [0, 0.1) is 5.92 Å². The molecule has 0 aliphatic carbocycles. The summed E-state index contributed by atoms with van der Waals surface area (Å²) in [4.78, 5) is 25.4. The molecule has 1 atom stereocenters. The number of hydrogen-bond acceptors (Lipinski definition) is 6. The normalized spacial score (nSPS) is 21.4. The summed E-state index contributed by atoms with van der Waals surface area (Å²) in [6, 6.07) is 0. The first-order valence-corrected chi connectivity index (χ1v) is 9.24. The number of amides is 1. The van der Waals surface area contributed by atoms with Crippen molar-refractivity contribution in [2.75, 3.05) is 44.8 Å². The summed E-state index contributed by atoms with van der Waals surface area (Å²) in [5.41, 5.74) is 0. The molecular weight excluding hydrogens is 320 g/mol. The van der Waals surface area contributed by atoms with E-state index >= 15 is 0 Å². The minimum Gasteiger partial charge on any atom is -0.470 e. The Morgan fingerprint density at radius 3 is 2.84 bits per heavy atom. The van der Waals surface area contributed by atoms with Gasteiger partial charge in [0.1, 0.15) is 6.10 Å². The van der Waals surface area contributed by atoms with Gasteiger partial charge in [-0.1, -0.05) is 6.92 Å². The topological polar surface area (TPSA) is 67.8 Å². The van der Waals surface area contributed by atoms with Crippen LogP contribution in [0.3, 0.4) is 0 Å².